The molecule has 2 aromatic rings. The lowest BCUT2D eigenvalue weighted by molar-refractivity contribution is -0.122. The molecule has 2 N–H and O–H groups in total. The van der Waals surface area contributed by atoms with E-state index in [1.165, 1.54) is 10.4 Å². The molecular weight excluding hydrogens is 384 g/mol. The summed E-state index contributed by atoms with van der Waals surface area (Å²) in [5.41, 5.74) is 2.47. The topological polar surface area (TPSA) is 41.1 Å². The summed E-state index contributed by atoms with van der Waals surface area (Å²) in [6, 6.07) is 13.0. The van der Waals surface area contributed by atoms with E-state index in [1.54, 1.807) is 11.3 Å². The van der Waals surface area contributed by atoms with E-state index in [9.17, 15) is 4.79 Å². The zero-order chi connectivity index (χ0) is 17.6. The second kappa shape index (κ2) is 10.4. The van der Waals surface area contributed by atoms with E-state index in [4.69, 9.17) is 0 Å². The van der Waals surface area contributed by atoms with Gasteiger partial charge in [0.15, 0.2) is 0 Å². The van der Waals surface area contributed by atoms with Gasteiger partial charge in [-0.25, -0.2) is 0 Å². The van der Waals surface area contributed by atoms with Crippen molar-refractivity contribution in [1.82, 2.24) is 10.6 Å². The van der Waals surface area contributed by atoms with Gasteiger partial charge in [0.05, 0.1) is 6.04 Å². The van der Waals surface area contributed by atoms with E-state index in [0.29, 0.717) is 12.3 Å². The van der Waals surface area contributed by atoms with Crippen molar-refractivity contribution in [1.29, 1.82) is 0 Å². The van der Waals surface area contributed by atoms with Gasteiger partial charge in [0.2, 0.25) is 5.91 Å². The maximum Gasteiger partial charge on any atom is 0.222 e. The average Bonchev–Trinajstić information content (AvgIpc) is 3.15. The highest BCUT2D eigenvalue weighted by Gasteiger charge is 2.21. The van der Waals surface area contributed by atoms with Crippen LogP contribution in [0.5, 0.6) is 0 Å². The van der Waals surface area contributed by atoms with Gasteiger partial charge in [-0.15, -0.1) is 23.7 Å². The summed E-state index contributed by atoms with van der Waals surface area (Å²) < 4.78 is 0. The largest absolute Gasteiger partial charge is 0.344 e. The molecule has 1 aliphatic heterocycles. The fourth-order valence-corrected chi connectivity index (χ4v) is 4.79. The molecule has 0 radical (unpaired) electrons. The zero-order valence-electron chi connectivity index (χ0n) is 15.2. The minimum atomic E-state index is -0.0649. The molecule has 1 amide bonds. The Morgan fingerprint density at radius 1 is 1.23 bits per heavy atom. The second-order valence-electron chi connectivity index (χ2n) is 6.77. The Bertz CT molecular complexity index is 668. The molecule has 1 aliphatic rings. The number of hydrogen-bond donors (Lipinski definition) is 2. The van der Waals surface area contributed by atoms with E-state index in [2.05, 4.69) is 60.2 Å². The van der Waals surface area contributed by atoms with Crippen LogP contribution in [0.15, 0.2) is 41.8 Å². The highest BCUT2D eigenvalue weighted by molar-refractivity contribution is 7.99. The van der Waals surface area contributed by atoms with Crippen molar-refractivity contribution in [2.45, 2.75) is 38.3 Å². The molecule has 1 fully saturated rings. The average molecular weight is 411 g/mol. The van der Waals surface area contributed by atoms with Crippen molar-refractivity contribution in [2.24, 2.45) is 0 Å². The number of nitrogens with one attached hydrogen (secondary N) is 2. The van der Waals surface area contributed by atoms with Crippen LogP contribution in [0, 0.1) is 0 Å². The molecule has 1 aromatic heterocycles. The van der Waals surface area contributed by atoms with Crippen LogP contribution < -0.4 is 10.6 Å². The molecule has 2 heterocycles. The van der Waals surface area contributed by atoms with E-state index in [1.807, 2.05) is 17.8 Å². The summed E-state index contributed by atoms with van der Waals surface area (Å²) in [7, 11) is 0. The Morgan fingerprint density at radius 2 is 1.96 bits per heavy atom. The Balaban J connectivity index is 0.00000243. The van der Waals surface area contributed by atoms with Crippen molar-refractivity contribution in [3.63, 3.8) is 0 Å². The molecule has 3 nitrogen and oxygen atoms in total. The van der Waals surface area contributed by atoms with Crippen LogP contribution in [-0.2, 0) is 4.79 Å². The Morgan fingerprint density at radius 3 is 2.54 bits per heavy atom. The number of hydrogen-bond acceptors (Lipinski definition) is 4. The lowest BCUT2D eigenvalue weighted by Crippen LogP contribution is -2.42. The normalized spacial score (nSPS) is 18.2. The first-order valence-corrected chi connectivity index (χ1v) is 10.9. The lowest BCUT2D eigenvalue weighted by Gasteiger charge is -2.24. The van der Waals surface area contributed by atoms with Crippen molar-refractivity contribution in [2.75, 3.05) is 18.1 Å². The first-order valence-electron chi connectivity index (χ1n) is 8.87. The Labute approximate surface area is 170 Å². The van der Waals surface area contributed by atoms with Crippen LogP contribution in [0.2, 0.25) is 0 Å². The molecule has 0 spiro atoms. The maximum absolute atomic E-state index is 12.6. The summed E-state index contributed by atoms with van der Waals surface area (Å²) in [5, 5.41) is 8.76. The van der Waals surface area contributed by atoms with Gasteiger partial charge < -0.3 is 10.6 Å². The predicted octanol–water partition coefficient (Wildman–Crippen LogP) is 4.59. The van der Waals surface area contributed by atoms with Crippen molar-refractivity contribution < 1.29 is 4.79 Å². The highest BCUT2D eigenvalue weighted by atomic mass is 35.5. The van der Waals surface area contributed by atoms with Gasteiger partial charge in [0, 0.05) is 35.4 Å². The quantitative estimate of drug-likeness (QED) is 0.731. The Kier molecular flexibility index (Phi) is 8.48. The second-order valence-corrected chi connectivity index (χ2v) is 8.90. The van der Waals surface area contributed by atoms with Crippen molar-refractivity contribution in [3.05, 3.63) is 57.8 Å². The molecule has 26 heavy (non-hydrogen) atoms. The smallest absolute Gasteiger partial charge is 0.222 e. The zero-order valence-corrected chi connectivity index (χ0v) is 17.7. The van der Waals surface area contributed by atoms with Crippen LogP contribution >= 0.6 is 35.5 Å². The summed E-state index contributed by atoms with van der Waals surface area (Å²) in [6.07, 6.45) is 0.541. The number of carbonyl (C=O) groups excluding carboxylic acids is 1. The minimum Gasteiger partial charge on any atom is -0.344 e. The lowest BCUT2D eigenvalue weighted by atomic mass is 9.98. The molecular formula is C20H27ClN2OS2. The number of benzene rings is 1. The molecule has 1 saturated heterocycles. The third-order valence-electron chi connectivity index (χ3n) is 4.50. The van der Waals surface area contributed by atoms with Crippen LogP contribution in [0.25, 0.3) is 0 Å². The third-order valence-corrected chi connectivity index (χ3v) is 6.57. The first-order chi connectivity index (χ1) is 12.1. The van der Waals surface area contributed by atoms with E-state index in [-0.39, 0.29) is 30.4 Å². The van der Waals surface area contributed by atoms with Crippen molar-refractivity contribution >= 4 is 41.4 Å². The highest BCUT2D eigenvalue weighted by Crippen LogP contribution is 2.27. The summed E-state index contributed by atoms with van der Waals surface area (Å²) in [6.45, 7) is 5.39. The number of halogens is 1. The van der Waals surface area contributed by atoms with Gasteiger partial charge in [0.25, 0.3) is 0 Å². The van der Waals surface area contributed by atoms with Gasteiger partial charge in [-0.3, -0.25) is 4.79 Å². The number of rotatable bonds is 6. The molecule has 2 atom stereocenters. The minimum absolute atomic E-state index is 0. The SMILES string of the molecule is CC(C)c1ccc(C(NC(=O)CC2CSCCN2)c2cccs2)cc1.Cl. The molecule has 0 bridgehead atoms. The van der Waals surface area contributed by atoms with Gasteiger partial charge in [0.1, 0.15) is 0 Å². The molecule has 1 aromatic carbocycles. The fourth-order valence-electron chi connectivity index (χ4n) is 3.04. The molecule has 142 valence electrons. The van der Waals surface area contributed by atoms with Gasteiger partial charge >= 0.3 is 0 Å². The monoisotopic (exact) mass is 410 g/mol. The summed E-state index contributed by atoms with van der Waals surface area (Å²) in [5.74, 6) is 2.78. The molecule has 6 heteroatoms. The molecule has 3 rings (SSSR count). The summed E-state index contributed by atoms with van der Waals surface area (Å²) >= 11 is 3.61. The Hall–Kier alpha value is -1.01. The molecule has 0 saturated carbocycles. The number of thiophene rings is 1. The molecule has 0 aliphatic carbocycles. The fraction of sp³-hybridized carbons (Fsp3) is 0.450. The molecule has 2 unspecified atom stereocenters. The standard InChI is InChI=1S/C20H26N2OS2.ClH/c1-14(2)15-5-7-16(8-6-15)20(18-4-3-10-25-18)22-19(23)12-17-13-24-11-9-21-17;/h3-8,10,14,17,20-21H,9,11-13H2,1-2H3,(H,22,23);1H. The van der Waals surface area contributed by atoms with Gasteiger partial charge in [-0.2, -0.15) is 11.8 Å². The van der Waals surface area contributed by atoms with E-state index >= 15 is 0 Å². The van der Waals surface area contributed by atoms with Gasteiger partial charge in [-0.1, -0.05) is 44.2 Å². The van der Waals surface area contributed by atoms with E-state index < -0.39 is 0 Å². The third kappa shape index (κ3) is 5.74. The van der Waals surface area contributed by atoms with Crippen LogP contribution in [0.1, 0.15) is 48.2 Å². The number of thioether (sulfide) groups is 1. The number of carbonyl (C=O) groups is 1. The number of amides is 1. The van der Waals surface area contributed by atoms with Crippen LogP contribution in [-0.4, -0.2) is 30.0 Å². The maximum atomic E-state index is 12.6. The van der Waals surface area contributed by atoms with Gasteiger partial charge in [-0.05, 0) is 28.5 Å². The summed E-state index contributed by atoms with van der Waals surface area (Å²) in [4.78, 5) is 13.8. The van der Waals surface area contributed by atoms with Crippen molar-refractivity contribution in [3.8, 4) is 0 Å². The van der Waals surface area contributed by atoms with Crippen LogP contribution in [0.3, 0.4) is 0 Å². The predicted molar refractivity (Wildman–Crippen MR) is 116 cm³/mol. The van der Waals surface area contributed by atoms with Crippen LogP contribution in [0.4, 0.5) is 0 Å². The van der Waals surface area contributed by atoms with E-state index in [0.717, 1.165) is 23.6 Å². The first kappa shape index (κ1) is 21.3.